The van der Waals surface area contributed by atoms with E-state index in [9.17, 15) is 4.79 Å². The van der Waals surface area contributed by atoms with E-state index in [0.29, 0.717) is 5.57 Å². The lowest BCUT2D eigenvalue weighted by Crippen LogP contribution is -1.91. The number of hydrogen-bond acceptors (Lipinski definition) is 4. The second-order valence-corrected chi connectivity index (χ2v) is 5.43. The molecule has 20 heavy (non-hydrogen) atoms. The van der Waals surface area contributed by atoms with Gasteiger partial charge in [-0.2, -0.15) is 0 Å². The average Bonchev–Trinajstić information content (AvgIpc) is 2.82. The Labute approximate surface area is 121 Å². The molecule has 2 aromatic rings. The average molecular weight is 288 g/mol. The van der Waals surface area contributed by atoms with Gasteiger partial charge in [-0.15, -0.1) is 0 Å². The summed E-state index contributed by atoms with van der Waals surface area (Å²) in [4.78, 5) is 16.3. The van der Waals surface area contributed by atoms with Crippen molar-refractivity contribution < 1.29 is 9.90 Å². The fourth-order valence-electron chi connectivity index (χ4n) is 1.97. The van der Waals surface area contributed by atoms with Crippen molar-refractivity contribution in [3.8, 4) is 11.3 Å². The minimum atomic E-state index is -0.947. The molecular formula is C15H16N2O2S. The van der Waals surface area contributed by atoms with Crippen molar-refractivity contribution in [1.82, 2.24) is 4.98 Å². The number of carbonyl (C=O) groups is 1. The van der Waals surface area contributed by atoms with Crippen LogP contribution in [-0.4, -0.2) is 23.1 Å². The van der Waals surface area contributed by atoms with Crippen molar-refractivity contribution in [3.63, 3.8) is 0 Å². The summed E-state index contributed by atoms with van der Waals surface area (Å²) in [5, 5.41) is 12.7. The Bertz CT molecular complexity index is 674. The molecule has 5 heteroatoms. The molecule has 1 aromatic heterocycles. The lowest BCUT2D eigenvalue weighted by atomic mass is 10.0. The standard InChI is InChI=1S/C15H16N2O2S/c1-9-6-4-5-7-11(9)13-14(10(2)8-12(18)19)20-15(16-3)17-13/h4-8H,1-3H3,(H,16,17)(H,18,19)/b10-8+. The molecule has 1 heterocycles. The SMILES string of the molecule is CNc1nc(-c2ccccc2C)c(/C(C)=C/C(=O)O)s1. The molecule has 2 N–H and O–H groups in total. The minimum Gasteiger partial charge on any atom is -0.478 e. The highest BCUT2D eigenvalue weighted by atomic mass is 32.1. The fraction of sp³-hybridized carbons (Fsp3) is 0.200. The molecule has 0 bridgehead atoms. The zero-order valence-corrected chi connectivity index (χ0v) is 12.4. The number of nitrogens with one attached hydrogen (secondary N) is 1. The van der Waals surface area contributed by atoms with Crippen LogP contribution in [0.4, 0.5) is 5.13 Å². The van der Waals surface area contributed by atoms with Crippen LogP contribution in [0.3, 0.4) is 0 Å². The maximum atomic E-state index is 10.9. The molecule has 0 aliphatic rings. The first-order chi connectivity index (χ1) is 9.52. The van der Waals surface area contributed by atoms with E-state index < -0.39 is 5.97 Å². The lowest BCUT2D eigenvalue weighted by molar-refractivity contribution is -0.131. The number of allylic oxidation sites excluding steroid dienone is 1. The molecule has 2 rings (SSSR count). The van der Waals surface area contributed by atoms with Gasteiger partial charge in [0, 0.05) is 18.7 Å². The van der Waals surface area contributed by atoms with Crippen LogP contribution < -0.4 is 5.32 Å². The summed E-state index contributed by atoms with van der Waals surface area (Å²) in [5.41, 5.74) is 3.67. The first kappa shape index (κ1) is 14.3. The number of rotatable bonds is 4. The van der Waals surface area contributed by atoms with Crippen LogP contribution in [0, 0.1) is 6.92 Å². The molecule has 0 spiro atoms. The summed E-state index contributed by atoms with van der Waals surface area (Å²) in [6.45, 7) is 3.82. The number of aromatic nitrogens is 1. The molecule has 0 atom stereocenters. The summed E-state index contributed by atoms with van der Waals surface area (Å²) in [7, 11) is 1.81. The Balaban J connectivity index is 2.61. The smallest absolute Gasteiger partial charge is 0.328 e. The number of nitrogens with zero attached hydrogens (tertiary/aromatic N) is 1. The molecule has 4 nitrogen and oxygen atoms in total. The van der Waals surface area contributed by atoms with Crippen molar-refractivity contribution in [1.29, 1.82) is 0 Å². The van der Waals surface area contributed by atoms with E-state index >= 15 is 0 Å². The Kier molecular flexibility index (Phi) is 4.20. The number of hydrogen-bond donors (Lipinski definition) is 2. The largest absolute Gasteiger partial charge is 0.478 e. The molecule has 0 aliphatic heterocycles. The quantitative estimate of drug-likeness (QED) is 0.843. The van der Waals surface area contributed by atoms with Crippen LogP contribution in [0.25, 0.3) is 16.8 Å². The van der Waals surface area contributed by atoms with E-state index in [-0.39, 0.29) is 0 Å². The Morgan fingerprint density at radius 2 is 2.10 bits per heavy atom. The third-order valence-electron chi connectivity index (χ3n) is 2.94. The molecular weight excluding hydrogens is 272 g/mol. The van der Waals surface area contributed by atoms with Gasteiger partial charge in [0.1, 0.15) is 0 Å². The highest BCUT2D eigenvalue weighted by Crippen LogP contribution is 2.36. The van der Waals surface area contributed by atoms with Crippen molar-refractivity contribution in [3.05, 3.63) is 40.8 Å². The van der Waals surface area contributed by atoms with Crippen LogP contribution in [0.15, 0.2) is 30.3 Å². The third-order valence-corrected chi connectivity index (χ3v) is 4.15. The molecule has 0 unspecified atom stereocenters. The van der Waals surface area contributed by atoms with Crippen LogP contribution in [0.1, 0.15) is 17.4 Å². The number of thiazole rings is 1. The molecule has 0 saturated heterocycles. The monoisotopic (exact) mass is 288 g/mol. The minimum absolute atomic E-state index is 0.703. The van der Waals surface area contributed by atoms with E-state index in [2.05, 4.69) is 10.3 Å². The number of aliphatic carboxylic acids is 1. The number of carboxylic acid groups (broad SMARTS) is 1. The van der Waals surface area contributed by atoms with E-state index in [1.54, 1.807) is 14.0 Å². The Morgan fingerprint density at radius 1 is 1.40 bits per heavy atom. The molecule has 0 fully saturated rings. The van der Waals surface area contributed by atoms with Crippen LogP contribution in [0.2, 0.25) is 0 Å². The number of benzene rings is 1. The Hall–Kier alpha value is -2.14. The van der Waals surface area contributed by atoms with Gasteiger partial charge in [0.25, 0.3) is 0 Å². The van der Waals surface area contributed by atoms with Gasteiger partial charge in [0.2, 0.25) is 0 Å². The highest BCUT2D eigenvalue weighted by molar-refractivity contribution is 7.17. The first-order valence-corrected chi connectivity index (χ1v) is 7.00. The van der Waals surface area contributed by atoms with E-state index in [1.807, 2.05) is 31.2 Å². The normalized spacial score (nSPS) is 11.4. The van der Waals surface area contributed by atoms with Gasteiger partial charge in [-0.25, -0.2) is 9.78 Å². The Morgan fingerprint density at radius 3 is 2.70 bits per heavy atom. The maximum absolute atomic E-state index is 10.9. The summed E-state index contributed by atoms with van der Waals surface area (Å²) in [6, 6.07) is 7.96. The predicted molar refractivity (Wildman–Crippen MR) is 83.1 cm³/mol. The van der Waals surface area contributed by atoms with Crippen molar-refractivity contribution >= 4 is 28.0 Å². The molecule has 0 amide bonds. The molecule has 0 saturated carbocycles. The van der Waals surface area contributed by atoms with Gasteiger partial charge in [-0.05, 0) is 25.0 Å². The second kappa shape index (κ2) is 5.88. The van der Waals surface area contributed by atoms with Crippen molar-refractivity contribution in [2.75, 3.05) is 12.4 Å². The van der Waals surface area contributed by atoms with Gasteiger partial charge < -0.3 is 10.4 Å². The lowest BCUT2D eigenvalue weighted by Gasteiger charge is -2.05. The van der Waals surface area contributed by atoms with E-state index in [4.69, 9.17) is 5.11 Å². The summed E-state index contributed by atoms with van der Waals surface area (Å²) >= 11 is 1.46. The van der Waals surface area contributed by atoms with E-state index in [1.165, 1.54) is 17.4 Å². The van der Waals surface area contributed by atoms with Crippen LogP contribution in [-0.2, 0) is 4.79 Å². The van der Waals surface area contributed by atoms with Gasteiger partial charge in [-0.1, -0.05) is 35.6 Å². The summed E-state index contributed by atoms with van der Waals surface area (Å²) < 4.78 is 0. The maximum Gasteiger partial charge on any atom is 0.328 e. The van der Waals surface area contributed by atoms with Gasteiger partial charge in [0.15, 0.2) is 5.13 Å². The number of aryl methyl sites for hydroxylation is 1. The molecule has 0 aliphatic carbocycles. The summed E-state index contributed by atoms with van der Waals surface area (Å²) in [6.07, 6.45) is 1.22. The van der Waals surface area contributed by atoms with Crippen LogP contribution in [0.5, 0.6) is 0 Å². The number of carboxylic acids is 1. The molecule has 0 radical (unpaired) electrons. The van der Waals surface area contributed by atoms with Crippen molar-refractivity contribution in [2.45, 2.75) is 13.8 Å². The summed E-state index contributed by atoms with van der Waals surface area (Å²) in [5.74, 6) is -0.947. The van der Waals surface area contributed by atoms with Crippen LogP contribution >= 0.6 is 11.3 Å². The van der Waals surface area contributed by atoms with Gasteiger partial charge >= 0.3 is 5.97 Å². The highest BCUT2D eigenvalue weighted by Gasteiger charge is 2.16. The predicted octanol–water partition coefficient (Wildman–Crippen LogP) is 3.65. The topological polar surface area (TPSA) is 62.2 Å². The zero-order chi connectivity index (χ0) is 14.7. The zero-order valence-electron chi connectivity index (χ0n) is 11.6. The van der Waals surface area contributed by atoms with Gasteiger partial charge in [0.05, 0.1) is 10.6 Å². The first-order valence-electron chi connectivity index (χ1n) is 6.19. The fourth-order valence-corrected chi connectivity index (χ4v) is 2.87. The van der Waals surface area contributed by atoms with Crippen molar-refractivity contribution in [2.24, 2.45) is 0 Å². The number of anilines is 1. The second-order valence-electron chi connectivity index (χ2n) is 4.43. The third kappa shape index (κ3) is 2.88. The van der Waals surface area contributed by atoms with Gasteiger partial charge in [-0.3, -0.25) is 0 Å². The molecule has 1 aromatic carbocycles. The molecule has 104 valence electrons. The van der Waals surface area contributed by atoms with E-state index in [0.717, 1.165) is 26.8 Å².